The molecule has 1 aromatic rings. The first-order chi connectivity index (χ1) is 6.27. The summed E-state index contributed by atoms with van der Waals surface area (Å²) in [7, 11) is 1.63. The molecule has 68 valence electrons. The van der Waals surface area contributed by atoms with Crippen molar-refractivity contribution in [3.63, 3.8) is 0 Å². The molecule has 0 bridgehead atoms. The number of hydrogen-bond donors (Lipinski definition) is 0. The van der Waals surface area contributed by atoms with Gasteiger partial charge in [-0.15, -0.1) is 0 Å². The lowest BCUT2D eigenvalue weighted by Crippen LogP contribution is -1.99. The van der Waals surface area contributed by atoms with Gasteiger partial charge in [-0.2, -0.15) is 5.26 Å². The second-order valence-electron chi connectivity index (χ2n) is 3.00. The summed E-state index contributed by atoms with van der Waals surface area (Å²) in [5, 5.41) is 8.55. The Morgan fingerprint density at radius 2 is 2.00 bits per heavy atom. The van der Waals surface area contributed by atoms with E-state index >= 15 is 0 Å². The number of nitriles is 1. The number of benzene rings is 1. The zero-order valence-electron chi connectivity index (χ0n) is 7.95. The van der Waals surface area contributed by atoms with Gasteiger partial charge in [0.15, 0.2) is 0 Å². The minimum Gasteiger partial charge on any atom is -0.376 e. The van der Waals surface area contributed by atoms with E-state index in [2.05, 4.69) is 6.07 Å². The number of aryl methyl sites for hydroxylation is 1. The van der Waals surface area contributed by atoms with Crippen molar-refractivity contribution < 1.29 is 4.74 Å². The lowest BCUT2D eigenvalue weighted by Gasteiger charge is -2.11. The molecule has 0 aromatic heterocycles. The average molecular weight is 175 g/mol. The molecular weight excluding hydrogens is 162 g/mol. The lowest BCUT2D eigenvalue weighted by molar-refractivity contribution is 0.107. The van der Waals surface area contributed by atoms with E-state index in [4.69, 9.17) is 10.00 Å². The highest BCUT2D eigenvalue weighted by atomic mass is 16.5. The van der Waals surface area contributed by atoms with E-state index in [0.717, 1.165) is 5.56 Å². The Hall–Kier alpha value is -1.33. The molecule has 1 unspecified atom stereocenters. The van der Waals surface area contributed by atoms with Crippen molar-refractivity contribution in [2.24, 2.45) is 0 Å². The van der Waals surface area contributed by atoms with Crippen LogP contribution in [0.1, 0.15) is 23.7 Å². The normalized spacial score (nSPS) is 12.1. The Morgan fingerprint density at radius 1 is 1.38 bits per heavy atom. The maximum absolute atomic E-state index is 8.55. The summed E-state index contributed by atoms with van der Waals surface area (Å²) >= 11 is 0. The summed E-state index contributed by atoms with van der Waals surface area (Å²) in [6.45, 7) is 2.04. The van der Waals surface area contributed by atoms with Crippen molar-refractivity contribution in [3.8, 4) is 6.07 Å². The van der Waals surface area contributed by atoms with E-state index in [0.29, 0.717) is 6.42 Å². The van der Waals surface area contributed by atoms with Crippen LogP contribution in [0.3, 0.4) is 0 Å². The van der Waals surface area contributed by atoms with Crippen molar-refractivity contribution in [1.29, 1.82) is 5.26 Å². The fourth-order valence-corrected chi connectivity index (χ4v) is 1.20. The topological polar surface area (TPSA) is 33.0 Å². The van der Waals surface area contributed by atoms with Gasteiger partial charge in [0, 0.05) is 7.11 Å². The summed E-state index contributed by atoms with van der Waals surface area (Å²) in [6.07, 6.45) is 0.310. The molecule has 0 saturated carbocycles. The van der Waals surface area contributed by atoms with Crippen molar-refractivity contribution in [2.75, 3.05) is 7.11 Å². The van der Waals surface area contributed by atoms with E-state index < -0.39 is 0 Å². The highest BCUT2D eigenvalue weighted by Gasteiger charge is 2.08. The Balaban J connectivity index is 2.80. The zero-order chi connectivity index (χ0) is 9.68. The molecule has 0 amide bonds. The van der Waals surface area contributed by atoms with E-state index in [1.165, 1.54) is 5.56 Å². The van der Waals surface area contributed by atoms with Crippen molar-refractivity contribution >= 4 is 0 Å². The van der Waals surface area contributed by atoms with Gasteiger partial charge in [-0.3, -0.25) is 0 Å². The highest BCUT2D eigenvalue weighted by molar-refractivity contribution is 5.23. The predicted octanol–water partition coefficient (Wildman–Crippen LogP) is 2.60. The fourth-order valence-electron chi connectivity index (χ4n) is 1.20. The number of hydrogen-bond acceptors (Lipinski definition) is 2. The maximum Gasteiger partial charge on any atom is 0.0950 e. The zero-order valence-corrected chi connectivity index (χ0v) is 7.95. The van der Waals surface area contributed by atoms with Crippen LogP contribution in [0.5, 0.6) is 0 Å². The highest BCUT2D eigenvalue weighted by Crippen LogP contribution is 2.19. The van der Waals surface area contributed by atoms with Crippen LogP contribution < -0.4 is 0 Å². The van der Waals surface area contributed by atoms with E-state index in [9.17, 15) is 0 Å². The van der Waals surface area contributed by atoms with E-state index in [-0.39, 0.29) is 6.10 Å². The number of rotatable bonds is 3. The second kappa shape index (κ2) is 4.64. The SMILES string of the molecule is COC(CC#N)c1ccc(C)cc1. The molecular formula is C11H13NO. The Kier molecular flexibility index (Phi) is 3.48. The van der Waals surface area contributed by atoms with E-state index in [1.807, 2.05) is 31.2 Å². The Labute approximate surface area is 78.8 Å². The van der Waals surface area contributed by atoms with Crippen molar-refractivity contribution in [3.05, 3.63) is 35.4 Å². The monoisotopic (exact) mass is 175 g/mol. The molecule has 0 aliphatic carbocycles. The summed E-state index contributed by atoms with van der Waals surface area (Å²) in [5.74, 6) is 0. The van der Waals surface area contributed by atoms with Crippen LogP contribution in [0.25, 0.3) is 0 Å². The van der Waals surface area contributed by atoms with Gasteiger partial charge in [0.25, 0.3) is 0 Å². The molecule has 0 aliphatic rings. The molecule has 0 fully saturated rings. The quantitative estimate of drug-likeness (QED) is 0.707. The molecule has 0 heterocycles. The molecule has 1 atom stereocenters. The first kappa shape index (κ1) is 9.76. The van der Waals surface area contributed by atoms with Gasteiger partial charge in [-0.1, -0.05) is 29.8 Å². The fraction of sp³-hybridized carbons (Fsp3) is 0.364. The maximum atomic E-state index is 8.55. The third-order valence-corrected chi connectivity index (χ3v) is 2.01. The van der Waals surface area contributed by atoms with Crippen LogP contribution in [0.4, 0.5) is 0 Å². The van der Waals surface area contributed by atoms with Gasteiger partial charge in [0.05, 0.1) is 18.6 Å². The summed E-state index contributed by atoms with van der Waals surface area (Å²) in [5.41, 5.74) is 2.28. The molecule has 0 spiro atoms. The lowest BCUT2D eigenvalue weighted by atomic mass is 10.1. The summed E-state index contributed by atoms with van der Waals surface area (Å²) in [6, 6.07) is 10.2. The third-order valence-electron chi connectivity index (χ3n) is 2.01. The second-order valence-corrected chi connectivity index (χ2v) is 3.00. The van der Waals surface area contributed by atoms with Crippen LogP contribution in [0, 0.1) is 18.3 Å². The van der Waals surface area contributed by atoms with E-state index in [1.54, 1.807) is 7.11 Å². The molecule has 0 N–H and O–H groups in total. The first-order valence-corrected chi connectivity index (χ1v) is 4.24. The van der Waals surface area contributed by atoms with Gasteiger partial charge in [0.1, 0.15) is 0 Å². The third kappa shape index (κ3) is 2.57. The van der Waals surface area contributed by atoms with Crippen molar-refractivity contribution in [2.45, 2.75) is 19.4 Å². The number of ether oxygens (including phenoxy) is 1. The average Bonchev–Trinajstić information content (AvgIpc) is 2.16. The standard InChI is InChI=1S/C11H13NO/c1-9-3-5-10(6-4-9)11(13-2)7-8-12/h3-6,11H,7H2,1-2H3. The van der Waals surface area contributed by atoms with Gasteiger partial charge < -0.3 is 4.74 Å². The smallest absolute Gasteiger partial charge is 0.0950 e. The van der Waals surface area contributed by atoms with Gasteiger partial charge in [-0.25, -0.2) is 0 Å². The first-order valence-electron chi connectivity index (χ1n) is 4.24. The van der Waals surface area contributed by atoms with Crippen LogP contribution >= 0.6 is 0 Å². The van der Waals surface area contributed by atoms with Crippen LogP contribution in [0.2, 0.25) is 0 Å². The summed E-state index contributed by atoms with van der Waals surface area (Å²) < 4.78 is 5.19. The van der Waals surface area contributed by atoms with Gasteiger partial charge in [-0.05, 0) is 12.5 Å². The van der Waals surface area contributed by atoms with Gasteiger partial charge >= 0.3 is 0 Å². The number of nitrogens with zero attached hydrogens (tertiary/aromatic N) is 1. The molecule has 1 rings (SSSR count). The molecule has 0 radical (unpaired) electrons. The van der Waals surface area contributed by atoms with Crippen LogP contribution in [-0.4, -0.2) is 7.11 Å². The predicted molar refractivity (Wildman–Crippen MR) is 51.2 cm³/mol. The minimum absolute atomic E-state index is 0.0920. The molecule has 0 saturated heterocycles. The molecule has 13 heavy (non-hydrogen) atoms. The Bertz CT molecular complexity index is 297. The molecule has 2 heteroatoms. The van der Waals surface area contributed by atoms with Crippen molar-refractivity contribution in [1.82, 2.24) is 0 Å². The number of methoxy groups -OCH3 is 1. The van der Waals surface area contributed by atoms with Crippen LogP contribution in [0.15, 0.2) is 24.3 Å². The molecule has 0 aliphatic heterocycles. The van der Waals surface area contributed by atoms with Crippen LogP contribution in [-0.2, 0) is 4.74 Å². The summed E-state index contributed by atoms with van der Waals surface area (Å²) in [4.78, 5) is 0. The Morgan fingerprint density at radius 3 is 2.46 bits per heavy atom. The minimum atomic E-state index is -0.0920. The molecule has 1 aromatic carbocycles. The molecule has 2 nitrogen and oxygen atoms in total. The van der Waals surface area contributed by atoms with Gasteiger partial charge in [0.2, 0.25) is 0 Å². The largest absolute Gasteiger partial charge is 0.376 e.